The molecule has 0 saturated carbocycles. The smallest absolute Gasteiger partial charge is 0.270 e. The second-order valence-corrected chi connectivity index (χ2v) is 9.62. The predicted molar refractivity (Wildman–Crippen MR) is 101 cm³/mol. The number of carbonyl (C=O) groups excluding carboxylic acids is 2. The molecule has 2 amide bonds. The Balaban J connectivity index is 1.66. The van der Waals surface area contributed by atoms with E-state index in [2.05, 4.69) is 11.9 Å². The summed E-state index contributed by atoms with van der Waals surface area (Å²) in [5.41, 5.74) is 0.266. The molecule has 3 heterocycles. The van der Waals surface area contributed by atoms with Crippen molar-refractivity contribution in [3.63, 3.8) is 0 Å². The number of aromatic nitrogens is 1. The highest BCUT2D eigenvalue weighted by Crippen LogP contribution is 2.21. The van der Waals surface area contributed by atoms with E-state index in [1.54, 1.807) is 9.80 Å². The number of nitrogens with zero attached hydrogens (tertiary/aromatic N) is 3. The van der Waals surface area contributed by atoms with Gasteiger partial charge in [-0.25, -0.2) is 8.42 Å². The zero-order chi connectivity index (χ0) is 19.6. The van der Waals surface area contributed by atoms with Gasteiger partial charge in [-0.2, -0.15) is 4.31 Å². The summed E-state index contributed by atoms with van der Waals surface area (Å²) < 4.78 is 26.5. The van der Waals surface area contributed by atoms with Gasteiger partial charge in [0.1, 0.15) is 10.6 Å². The molecule has 0 unspecified atom stereocenters. The average molecular weight is 397 g/mol. The summed E-state index contributed by atoms with van der Waals surface area (Å²) >= 11 is 0. The third kappa shape index (κ3) is 4.35. The Morgan fingerprint density at radius 2 is 1.78 bits per heavy atom. The molecule has 0 aromatic carbocycles. The molecule has 2 saturated heterocycles. The molecule has 0 radical (unpaired) electrons. The molecule has 2 aliphatic heterocycles. The van der Waals surface area contributed by atoms with Crippen LogP contribution in [0.3, 0.4) is 0 Å². The second kappa shape index (κ2) is 8.02. The number of hydrogen-bond acceptors (Lipinski definition) is 4. The summed E-state index contributed by atoms with van der Waals surface area (Å²) in [6, 6.07) is 1.37. The molecule has 3 rings (SSSR count). The Kier molecular flexibility index (Phi) is 5.90. The van der Waals surface area contributed by atoms with E-state index >= 15 is 0 Å². The fourth-order valence-corrected chi connectivity index (χ4v) is 4.67. The van der Waals surface area contributed by atoms with E-state index in [1.165, 1.54) is 19.3 Å². The minimum absolute atomic E-state index is 0.00736. The first-order chi connectivity index (χ1) is 12.8. The van der Waals surface area contributed by atoms with Gasteiger partial charge < -0.3 is 14.8 Å². The summed E-state index contributed by atoms with van der Waals surface area (Å²) in [6.45, 7) is 4.71. The monoisotopic (exact) mass is 396 g/mol. The number of amides is 2. The Hall–Kier alpha value is -1.87. The van der Waals surface area contributed by atoms with Crippen LogP contribution in [-0.2, 0) is 14.8 Å². The van der Waals surface area contributed by atoms with Crippen LogP contribution in [0.5, 0.6) is 0 Å². The van der Waals surface area contributed by atoms with Crippen molar-refractivity contribution in [3.8, 4) is 0 Å². The number of nitrogens with one attached hydrogen (secondary N) is 1. The number of carbonyl (C=O) groups is 2. The van der Waals surface area contributed by atoms with Crippen molar-refractivity contribution < 1.29 is 18.0 Å². The molecular weight excluding hydrogens is 368 g/mol. The van der Waals surface area contributed by atoms with Crippen LogP contribution in [0, 0.1) is 5.92 Å². The van der Waals surface area contributed by atoms with E-state index < -0.39 is 10.0 Å². The van der Waals surface area contributed by atoms with Crippen LogP contribution in [0.15, 0.2) is 17.2 Å². The topological polar surface area (TPSA) is 93.8 Å². The minimum atomic E-state index is -3.83. The summed E-state index contributed by atoms with van der Waals surface area (Å²) in [6.07, 6.45) is 5.16. The molecule has 1 aromatic heterocycles. The highest BCUT2D eigenvalue weighted by molar-refractivity contribution is 7.89. The van der Waals surface area contributed by atoms with Crippen LogP contribution in [0.2, 0.25) is 0 Å². The zero-order valence-corrected chi connectivity index (χ0v) is 16.8. The summed E-state index contributed by atoms with van der Waals surface area (Å²) in [4.78, 5) is 31.1. The maximum atomic E-state index is 12.7. The number of hydrogen-bond donors (Lipinski definition) is 1. The average Bonchev–Trinajstić information content (AvgIpc) is 3.33. The molecule has 0 aliphatic carbocycles. The van der Waals surface area contributed by atoms with Crippen molar-refractivity contribution in [3.05, 3.63) is 18.0 Å². The fraction of sp³-hybridized carbons (Fsp3) is 0.667. The number of piperidine rings is 1. The van der Waals surface area contributed by atoms with Gasteiger partial charge in [0.05, 0.1) is 6.54 Å². The van der Waals surface area contributed by atoms with Crippen LogP contribution in [-0.4, -0.2) is 79.1 Å². The van der Waals surface area contributed by atoms with Gasteiger partial charge in [0.15, 0.2) is 0 Å². The van der Waals surface area contributed by atoms with Crippen molar-refractivity contribution in [2.75, 3.05) is 39.8 Å². The number of likely N-dealkylation sites (N-methyl/N-ethyl adjacent to an activating group) is 1. The first-order valence-corrected chi connectivity index (χ1v) is 10.9. The lowest BCUT2D eigenvalue weighted by atomic mass is 9.99. The molecule has 27 heavy (non-hydrogen) atoms. The minimum Gasteiger partial charge on any atom is -0.356 e. The van der Waals surface area contributed by atoms with Gasteiger partial charge in [0, 0.05) is 39.4 Å². The lowest BCUT2D eigenvalue weighted by molar-refractivity contribution is -0.130. The van der Waals surface area contributed by atoms with Crippen molar-refractivity contribution in [1.82, 2.24) is 19.1 Å². The molecule has 9 heteroatoms. The van der Waals surface area contributed by atoms with E-state index in [0.717, 1.165) is 30.0 Å². The Morgan fingerprint density at radius 1 is 1.15 bits per heavy atom. The van der Waals surface area contributed by atoms with Gasteiger partial charge in [-0.1, -0.05) is 6.92 Å². The molecule has 1 aromatic rings. The fourth-order valence-electron chi connectivity index (χ4n) is 3.55. The van der Waals surface area contributed by atoms with Crippen molar-refractivity contribution >= 4 is 21.8 Å². The number of aromatic amines is 1. The van der Waals surface area contributed by atoms with E-state index in [-0.39, 0.29) is 28.9 Å². The van der Waals surface area contributed by atoms with Gasteiger partial charge >= 0.3 is 0 Å². The van der Waals surface area contributed by atoms with Gasteiger partial charge in [0.2, 0.25) is 15.9 Å². The van der Waals surface area contributed by atoms with Crippen molar-refractivity contribution in [2.45, 2.75) is 37.5 Å². The number of H-pyrrole nitrogens is 1. The second-order valence-electron chi connectivity index (χ2n) is 7.57. The summed E-state index contributed by atoms with van der Waals surface area (Å²) in [5.74, 6) is 0.238. The summed E-state index contributed by atoms with van der Waals surface area (Å²) in [7, 11) is -2.44. The third-order valence-corrected chi connectivity index (χ3v) is 7.26. The lowest BCUT2D eigenvalue weighted by Gasteiger charge is -2.29. The highest BCUT2D eigenvalue weighted by atomic mass is 32.2. The van der Waals surface area contributed by atoms with Gasteiger partial charge in [-0.05, 0) is 37.7 Å². The van der Waals surface area contributed by atoms with Crippen LogP contribution in [0.1, 0.15) is 43.1 Å². The van der Waals surface area contributed by atoms with Gasteiger partial charge in [-0.15, -0.1) is 0 Å². The molecule has 8 nitrogen and oxygen atoms in total. The van der Waals surface area contributed by atoms with Crippen LogP contribution >= 0.6 is 0 Å². The first kappa shape index (κ1) is 19.9. The van der Waals surface area contributed by atoms with Crippen LogP contribution < -0.4 is 0 Å². The first-order valence-electron chi connectivity index (χ1n) is 9.51. The lowest BCUT2D eigenvalue weighted by Crippen LogP contribution is -2.39. The van der Waals surface area contributed by atoms with Crippen LogP contribution in [0.25, 0.3) is 0 Å². The largest absolute Gasteiger partial charge is 0.356 e. The van der Waals surface area contributed by atoms with E-state index in [0.29, 0.717) is 32.1 Å². The number of likely N-dealkylation sites (tertiary alicyclic amines) is 2. The molecule has 0 spiro atoms. The number of rotatable bonds is 5. The highest BCUT2D eigenvalue weighted by Gasteiger charge is 2.29. The summed E-state index contributed by atoms with van der Waals surface area (Å²) in [5, 5.41) is 0. The van der Waals surface area contributed by atoms with Crippen LogP contribution in [0.4, 0.5) is 0 Å². The van der Waals surface area contributed by atoms with Crippen molar-refractivity contribution in [2.24, 2.45) is 5.92 Å². The molecule has 0 atom stereocenters. The van der Waals surface area contributed by atoms with Gasteiger partial charge in [-0.3, -0.25) is 9.59 Å². The molecule has 0 bridgehead atoms. The SMILES string of the molecule is CC1CCN(C(=O)c2cc(S(=O)(=O)N(C)CC(=O)N3CCCC3)c[nH]2)CC1. The Bertz CT molecular complexity index is 790. The number of sulfonamides is 1. The van der Waals surface area contributed by atoms with Gasteiger partial charge in [0.25, 0.3) is 5.91 Å². The standard InChI is InChI=1S/C18H28N4O4S/c1-14-5-9-22(10-6-14)18(24)16-11-15(12-19-16)27(25,26)20(2)13-17(23)21-7-3-4-8-21/h11-12,14,19H,3-10,13H2,1-2H3. The Morgan fingerprint density at radius 3 is 2.41 bits per heavy atom. The molecular formula is C18H28N4O4S. The Labute approximate surface area is 160 Å². The molecule has 2 fully saturated rings. The normalized spacial score (nSPS) is 19.1. The van der Waals surface area contributed by atoms with Crippen molar-refractivity contribution in [1.29, 1.82) is 0 Å². The molecule has 2 aliphatic rings. The molecule has 1 N–H and O–H groups in total. The third-order valence-electron chi connectivity index (χ3n) is 5.48. The quantitative estimate of drug-likeness (QED) is 0.807. The van der Waals surface area contributed by atoms with E-state index in [9.17, 15) is 18.0 Å². The maximum absolute atomic E-state index is 12.7. The van der Waals surface area contributed by atoms with E-state index in [4.69, 9.17) is 0 Å². The zero-order valence-electron chi connectivity index (χ0n) is 16.0. The van der Waals surface area contributed by atoms with E-state index in [1.807, 2.05) is 0 Å². The maximum Gasteiger partial charge on any atom is 0.270 e. The molecule has 150 valence electrons. The predicted octanol–water partition coefficient (Wildman–Crippen LogP) is 1.13.